The first-order chi connectivity index (χ1) is 6.74. The molecule has 80 valence electrons. The maximum Gasteiger partial charge on any atom is 0.240 e. The molecule has 0 radical (unpaired) electrons. The van der Waals surface area contributed by atoms with E-state index in [4.69, 9.17) is 5.73 Å². The molecule has 0 aromatic heterocycles. The van der Waals surface area contributed by atoms with Gasteiger partial charge in [0, 0.05) is 19.1 Å². The molecule has 0 aromatic carbocycles. The molecule has 2 rings (SSSR count). The number of amides is 1. The van der Waals surface area contributed by atoms with E-state index < -0.39 is 0 Å². The van der Waals surface area contributed by atoms with Crippen LogP contribution in [0.25, 0.3) is 0 Å². The van der Waals surface area contributed by atoms with Crippen molar-refractivity contribution in [3.05, 3.63) is 0 Å². The van der Waals surface area contributed by atoms with Crippen molar-refractivity contribution in [2.24, 2.45) is 5.73 Å². The van der Waals surface area contributed by atoms with Gasteiger partial charge >= 0.3 is 0 Å². The Morgan fingerprint density at radius 3 is 2.64 bits per heavy atom. The molecule has 2 saturated heterocycles. The minimum atomic E-state index is 0.129. The largest absolute Gasteiger partial charge is 0.337 e. The number of rotatable bonds is 2. The van der Waals surface area contributed by atoms with Gasteiger partial charge in [0.25, 0.3) is 0 Å². The van der Waals surface area contributed by atoms with E-state index in [2.05, 4.69) is 4.90 Å². The van der Waals surface area contributed by atoms with Crippen LogP contribution in [0.3, 0.4) is 0 Å². The molecule has 2 N–H and O–H groups in total. The number of nitrogens with zero attached hydrogens (tertiary/aromatic N) is 2. The van der Waals surface area contributed by atoms with Gasteiger partial charge in [-0.2, -0.15) is 0 Å². The van der Waals surface area contributed by atoms with Crippen molar-refractivity contribution < 1.29 is 4.79 Å². The maximum atomic E-state index is 12.0. The van der Waals surface area contributed by atoms with E-state index in [1.807, 2.05) is 11.9 Å². The van der Waals surface area contributed by atoms with Gasteiger partial charge in [-0.1, -0.05) is 0 Å². The van der Waals surface area contributed by atoms with Crippen molar-refractivity contribution in [1.82, 2.24) is 9.80 Å². The average Bonchev–Trinajstić information content (AvgIpc) is 2.50. The molecule has 1 amide bonds. The van der Waals surface area contributed by atoms with Gasteiger partial charge in [0.05, 0.1) is 6.04 Å². The van der Waals surface area contributed by atoms with Crippen LogP contribution in [0.4, 0.5) is 0 Å². The number of nitrogens with two attached hydrogens (primary N) is 1. The molecular formula is C10H19N3O. The second-order valence-electron chi connectivity index (χ2n) is 4.35. The number of carbonyl (C=O) groups excluding carboxylic acids is 1. The van der Waals surface area contributed by atoms with Crippen LogP contribution in [0, 0.1) is 0 Å². The number of likely N-dealkylation sites (tertiary alicyclic amines) is 2. The quantitative estimate of drug-likeness (QED) is 0.657. The Labute approximate surface area is 85.0 Å². The Hall–Kier alpha value is -0.610. The highest BCUT2D eigenvalue weighted by atomic mass is 16.2. The number of hydrogen-bond donors (Lipinski definition) is 1. The highest BCUT2D eigenvalue weighted by Gasteiger charge is 2.37. The van der Waals surface area contributed by atoms with E-state index in [1.165, 1.54) is 0 Å². The lowest BCUT2D eigenvalue weighted by Gasteiger charge is -2.42. The molecular weight excluding hydrogens is 178 g/mol. The molecule has 2 unspecified atom stereocenters. The van der Waals surface area contributed by atoms with E-state index in [1.54, 1.807) is 0 Å². The predicted molar refractivity (Wildman–Crippen MR) is 54.8 cm³/mol. The van der Waals surface area contributed by atoms with Gasteiger partial charge in [-0.3, -0.25) is 9.69 Å². The van der Waals surface area contributed by atoms with Crippen LogP contribution in [0.1, 0.15) is 19.3 Å². The Morgan fingerprint density at radius 2 is 2.21 bits per heavy atom. The molecule has 2 fully saturated rings. The minimum Gasteiger partial charge on any atom is -0.337 e. The first-order valence-electron chi connectivity index (χ1n) is 5.45. The molecule has 4 nitrogen and oxygen atoms in total. The molecule has 2 atom stereocenters. The van der Waals surface area contributed by atoms with E-state index in [9.17, 15) is 4.79 Å². The van der Waals surface area contributed by atoms with Crippen LogP contribution in [-0.2, 0) is 4.79 Å². The molecule has 0 aromatic rings. The number of carbonyl (C=O) groups is 1. The van der Waals surface area contributed by atoms with Gasteiger partial charge in [0.1, 0.15) is 0 Å². The van der Waals surface area contributed by atoms with E-state index in [0.717, 1.165) is 32.4 Å². The Kier molecular flexibility index (Phi) is 2.74. The Balaban J connectivity index is 1.94. The fraction of sp³-hybridized carbons (Fsp3) is 0.900. The molecule has 2 aliphatic heterocycles. The first-order valence-corrected chi connectivity index (χ1v) is 5.45. The van der Waals surface area contributed by atoms with Crippen molar-refractivity contribution in [3.63, 3.8) is 0 Å². The second-order valence-corrected chi connectivity index (χ2v) is 4.35. The van der Waals surface area contributed by atoms with Gasteiger partial charge in [0.15, 0.2) is 0 Å². The van der Waals surface area contributed by atoms with Crippen LogP contribution < -0.4 is 5.73 Å². The highest BCUT2D eigenvalue weighted by molar-refractivity contribution is 5.83. The summed E-state index contributed by atoms with van der Waals surface area (Å²) in [5.74, 6) is 0.298. The summed E-state index contributed by atoms with van der Waals surface area (Å²) in [6.45, 7) is 2.57. The first kappa shape index (κ1) is 9.93. The predicted octanol–water partition coefficient (Wildman–Crippen LogP) is -0.360. The third kappa shape index (κ3) is 1.53. The topological polar surface area (TPSA) is 49.6 Å². The smallest absolute Gasteiger partial charge is 0.240 e. The summed E-state index contributed by atoms with van der Waals surface area (Å²) in [6, 6.07) is 0.445. The zero-order chi connectivity index (χ0) is 10.1. The standard InChI is InChI=1S/C10H19N3O/c1-12-5-2-3-9(12)10(14)13-6-4-8(13)7-11/h8-9H,2-7,11H2,1H3. The molecule has 14 heavy (non-hydrogen) atoms. The maximum absolute atomic E-state index is 12.0. The van der Waals surface area contributed by atoms with Gasteiger partial charge < -0.3 is 10.6 Å². The van der Waals surface area contributed by atoms with Gasteiger partial charge in [-0.05, 0) is 32.9 Å². The lowest BCUT2D eigenvalue weighted by Crippen LogP contribution is -2.58. The number of likely N-dealkylation sites (N-methyl/N-ethyl adjacent to an activating group) is 1. The fourth-order valence-corrected chi connectivity index (χ4v) is 2.39. The Morgan fingerprint density at radius 1 is 1.43 bits per heavy atom. The molecule has 2 aliphatic rings. The summed E-state index contributed by atoms with van der Waals surface area (Å²) in [7, 11) is 2.03. The van der Waals surface area contributed by atoms with E-state index in [-0.39, 0.29) is 6.04 Å². The second kappa shape index (κ2) is 3.87. The molecule has 0 saturated carbocycles. The van der Waals surface area contributed by atoms with Crippen molar-refractivity contribution in [2.45, 2.75) is 31.3 Å². The van der Waals surface area contributed by atoms with Gasteiger partial charge in [0.2, 0.25) is 5.91 Å². The SMILES string of the molecule is CN1CCCC1C(=O)N1CCC1CN. The summed E-state index contributed by atoms with van der Waals surface area (Å²) in [5.41, 5.74) is 5.59. The zero-order valence-electron chi connectivity index (χ0n) is 8.78. The normalized spacial score (nSPS) is 33.1. The third-order valence-corrected chi connectivity index (χ3v) is 3.50. The third-order valence-electron chi connectivity index (χ3n) is 3.50. The summed E-state index contributed by atoms with van der Waals surface area (Å²) in [5, 5.41) is 0. The minimum absolute atomic E-state index is 0.129. The monoisotopic (exact) mass is 197 g/mol. The van der Waals surface area contributed by atoms with Crippen LogP contribution in [0.2, 0.25) is 0 Å². The van der Waals surface area contributed by atoms with E-state index >= 15 is 0 Å². The van der Waals surface area contributed by atoms with Gasteiger partial charge in [-0.25, -0.2) is 0 Å². The van der Waals surface area contributed by atoms with Crippen LogP contribution >= 0.6 is 0 Å². The highest BCUT2D eigenvalue weighted by Crippen LogP contribution is 2.23. The molecule has 0 bridgehead atoms. The lowest BCUT2D eigenvalue weighted by molar-refractivity contribution is -0.143. The van der Waals surface area contributed by atoms with Crippen LogP contribution in [-0.4, -0.2) is 54.5 Å². The van der Waals surface area contributed by atoms with Crippen molar-refractivity contribution >= 4 is 5.91 Å². The summed E-state index contributed by atoms with van der Waals surface area (Å²) in [6.07, 6.45) is 3.25. The molecule has 2 heterocycles. The fourth-order valence-electron chi connectivity index (χ4n) is 2.39. The summed E-state index contributed by atoms with van der Waals surface area (Å²) < 4.78 is 0. The number of hydrogen-bond acceptors (Lipinski definition) is 3. The Bertz CT molecular complexity index is 229. The van der Waals surface area contributed by atoms with Crippen LogP contribution in [0.15, 0.2) is 0 Å². The summed E-state index contributed by atoms with van der Waals surface area (Å²) >= 11 is 0. The molecule has 0 aliphatic carbocycles. The zero-order valence-corrected chi connectivity index (χ0v) is 8.78. The van der Waals surface area contributed by atoms with Crippen LogP contribution in [0.5, 0.6) is 0 Å². The van der Waals surface area contributed by atoms with Crippen molar-refractivity contribution in [1.29, 1.82) is 0 Å². The average molecular weight is 197 g/mol. The summed E-state index contributed by atoms with van der Waals surface area (Å²) in [4.78, 5) is 16.1. The van der Waals surface area contributed by atoms with Crippen molar-refractivity contribution in [3.8, 4) is 0 Å². The lowest BCUT2D eigenvalue weighted by atomic mass is 10.0. The van der Waals surface area contributed by atoms with Gasteiger partial charge in [-0.15, -0.1) is 0 Å². The van der Waals surface area contributed by atoms with E-state index in [0.29, 0.717) is 18.5 Å². The van der Waals surface area contributed by atoms with Crippen molar-refractivity contribution in [2.75, 3.05) is 26.7 Å². The molecule has 4 heteroatoms. The molecule has 0 spiro atoms.